The van der Waals surface area contributed by atoms with Gasteiger partial charge in [0.05, 0.1) is 6.10 Å². The Kier molecular flexibility index (Phi) is 8.89. The Hall–Kier alpha value is -0.0800. The molecular weight excluding hydrogens is 379 g/mol. The Morgan fingerprint density at radius 3 is 2.52 bits per heavy atom. The minimum atomic E-state index is 0. The van der Waals surface area contributed by atoms with Gasteiger partial charge in [0, 0.05) is 45.4 Å². The molecule has 21 heavy (non-hydrogen) atoms. The topological polar surface area (TPSA) is 48.9 Å². The zero-order valence-electron chi connectivity index (χ0n) is 13.6. The lowest BCUT2D eigenvalue weighted by atomic mass is 10.0. The van der Waals surface area contributed by atoms with E-state index in [0.717, 1.165) is 25.5 Å². The van der Waals surface area contributed by atoms with E-state index >= 15 is 0 Å². The maximum atomic E-state index is 5.63. The van der Waals surface area contributed by atoms with Crippen molar-refractivity contribution >= 4 is 29.9 Å². The van der Waals surface area contributed by atoms with Crippen LogP contribution in [0, 0.1) is 0 Å². The number of rotatable bonds is 4. The van der Waals surface area contributed by atoms with Crippen LogP contribution in [0.1, 0.15) is 39.5 Å². The third-order valence-corrected chi connectivity index (χ3v) is 4.35. The number of guanidine groups is 1. The molecule has 0 amide bonds. The van der Waals surface area contributed by atoms with Gasteiger partial charge in [0.15, 0.2) is 5.96 Å². The van der Waals surface area contributed by atoms with Crippen molar-refractivity contribution in [1.29, 1.82) is 0 Å². The molecule has 1 unspecified atom stereocenters. The lowest BCUT2D eigenvalue weighted by Gasteiger charge is -2.35. The molecule has 2 aliphatic heterocycles. The number of hydrogen-bond acceptors (Lipinski definition) is 3. The highest BCUT2D eigenvalue weighted by Gasteiger charge is 2.22. The molecule has 6 heteroatoms. The quantitative estimate of drug-likeness (QED) is 0.422. The Morgan fingerprint density at radius 2 is 2.00 bits per heavy atom. The fourth-order valence-electron chi connectivity index (χ4n) is 2.96. The molecule has 2 rings (SSSR count). The van der Waals surface area contributed by atoms with Crippen molar-refractivity contribution in [3.05, 3.63) is 0 Å². The van der Waals surface area contributed by atoms with E-state index in [0.29, 0.717) is 18.2 Å². The van der Waals surface area contributed by atoms with E-state index in [-0.39, 0.29) is 24.0 Å². The van der Waals surface area contributed by atoms with Gasteiger partial charge in [-0.25, -0.2) is 0 Å². The van der Waals surface area contributed by atoms with Gasteiger partial charge in [-0.1, -0.05) is 0 Å². The van der Waals surface area contributed by atoms with Crippen LogP contribution in [0.4, 0.5) is 0 Å². The van der Waals surface area contributed by atoms with Gasteiger partial charge >= 0.3 is 0 Å². The van der Waals surface area contributed by atoms with Crippen LogP contribution in [0.5, 0.6) is 0 Å². The molecule has 2 aliphatic rings. The average molecular weight is 410 g/mol. The summed E-state index contributed by atoms with van der Waals surface area (Å²) in [5.41, 5.74) is 0. The van der Waals surface area contributed by atoms with E-state index in [1.807, 2.05) is 7.05 Å². The normalized spacial score (nSPS) is 25.0. The lowest BCUT2D eigenvalue weighted by Crippen LogP contribution is -2.50. The Morgan fingerprint density at radius 1 is 1.29 bits per heavy atom. The third-order valence-electron chi connectivity index (χ3n) is 4.35. The Labute approximate surface area is 146 Å². The first-order valence-corrected chi connectivity index (χ1v) is 8.02. The maximum absolute atomic E-state index is 5.63. The highest BCUT2D eigenvalue weighted by Crippen LogP contribution is 2.13. The first-order valence-electron chi connectivity index (χ1n) is 8.02. The molecule has 0 spiro atoms. The largest absolute Gasteiger partial charge is 0.376 e. The second kappa shape index (κ2) is 9.84. The number of ether oxygens (including phenoxy) is 1. The summed E-state index contributed by atoms with van der Waals surface area (Å²) in [5, 5.41) is 6.94. The number of halogens is 1. The van der Waals surface area contributed by atoms with E-state index < -0.39 is 0 Å². The molecule has 0 saturated carbocycles. The van der Waals surface area contributed by atoms with E-state index in [2.05, 4.69) is 34.4 Å². The number of likely N-dealkylation sites (tertiary alicyclic amines) is 1. The third kappa shape index (κ3) is 6.28. The number of hydrogen-bond donors (Lipinski definition) is 2. The Bertz CT molecular complexity index is 311. The van der Waals surface area contributed by atoms with Gasteiger partial charge in [-0.15, -0.1) is 24.0 Å². The van der Waals surface area contributed by atoms with Crippen molar-refractivity contribution in [2.45, 2.75) is 57.7 Å². The molecule has 0 aromatic rings. The molecule has 2 saturated heterocycles. The smallest absolute Gasteiger partial charge is 0.191 e. The molecule has 1 atom stereocenters. The van der Waals surface area contributed by atoms with Gasteiger partial charge in [0.1, 0.15) is 0 Å². The number of nitrogens with zero attached hydrogens (tertiary/aromatic N) is 2. The summed E-state index contributed by atoms with van der Waals surface area (Å²) in [6, 6.07) is 1.20. The number of aliphatic imine (C=N–C) groups is 1. The molecule has 0 aromatic carbocycles. The van der Waals surface area contributed by atoms with Crippen LogP contribution in [0.15, 0.2) is 4.99 Å². The van der Waals surface area contributed by atoms with Crippen LogP contribution in [0.2, 0.25) is 0 Å². The van der Waals surface area contributed by atoms with Crippen molar-refractivity contribution < 1.29 is 4.74 Å². The van der Waals surface area contributed by atoms with Gasteiger partial charge in [-0.05, 0) is 39.5 Å². The summed E-state index contributed by atoms with van der Waals surface area (Å²) >= 11 is 0. The maximum Gasteiger partial charge on any atom is 0.191 e. The zero-order valence-corrected chi connectivity index (χ0v) is 15.9. The molecule has 0 aliphatic carbocycles. The van der Waals surface area contributed by atoms with Crippen LogP contribution < -0.4 is 10.6 Å². The molecule has 5 nitrogen and oxygen atoms in total. The van der Waals surface area contributed by atoms with Crippen LogP contribution in [-0.2, 0) is 4.74 Å². The summed E-state index contributed by atoms with van der Waals surface area (Å²) in [6.45, 7) is 8.68. The van der Waals surface area contributed by atoms with Crippen LogP contribution >= 0.6 is 24.0 Å². The van der Waals surface area contributed by atoms with E-state index in [4.69, 9.17) is 4.74 Å². The molecule has 0 bridgehead atoms. The number of nitrogens with one attached hydrogen (secondary N) is 2. The highest BCUT2D eigenvalue weighted by molar-refractivity contribution is 14.0. The number of piperidine rings is 1. The van der Waals surface area contributed by atoms with Crippen molar-refractivity contribution in [2.75, 3.05) is 33.3 Å². The summed E-state index contributed by atoms with van der Waals surface area (Å²) < 4.78 is 5.63. The molecular formula is C15H31IN4O. The molecule has 124 valence electrons. The predicted octanol–water partition coefficient (Wildman–Crippen LogP) is 1.82. The van der Waals surface area contributed by atoms with Gasteiger partial charge in [-0.3, -0.25) is 4.99 Å². The van der Waals surface area contributed by atoms with Gasteiger partial charge in [0.2, 0.25) is 0 Å². The van der Waals surface area contributed by atoms with E-state index in [1.165, 1.54) is 32.4 Å². The Balaban J connectivity index is 0.00000220. The summed E-state index contributed by atoms with van der Waals surface area (Å²) in [6.07, 6.45) is 5.09. The molecule has 2 heterocycles. The molecule has 2 fully saturated rings. The SMILES string of the molecule is CN=C(NCC1CCCO1)NC1CCN(C(C)C)CC1.I. The summed E-state index contributed by atoms with van der Waals surface area (Å²) in [7, 11) is 1.84. The van der Waals surface area contributed by atoms with E-state index in [9.17, 15) is 0 Å². The predicted molar refractivity (Wildman–Crippen MR) is 98.6 cm³/mol. The summed E-state index contributed by atoms with van der Waals surface area (Å²) in [5.74, 6) is 0.920. The van der Waals surface area contributed by atoms with Gasteiger partial charge in [0.25, 0.3) is 0 Å². The highest BCUT2D eigenvalue weighted by atomic mass is 127. The summed E-state index contributed by atoms with van der Waals surface area (Å²) in [4.78, 5) is 6.86. The van der Waals surface area contributed by atoms with Crippen LogP contribution in [-0.4, -0.2) is 62.3 Å². The van der Waals surface area contributed by atoms with Gasteiger partial charge < -0.3 is 20.3 Å². The fourth-order valence-corrected chi connectivity index (χ4v) is 2.96. The van der Waals surface area contributed by atoms with E-state index in [1.54, 1.807) is 0 Å². The lowest BCUT2D eigenvalue weighted by molar-refractivity contribution is 0.113. The van der Waals surface area contributed by atoms with Gasteiger partial charge in [-0.2, -0.15) is 0 Å². The minimum Gasteiger partial charge on any atom is -0.376 e. The minimum absolute atomic E-state index is 0. The average Bonchev–Trinajstić information content (AvgIpc) is 2.97. The first-order chi connectivity index (χ1) is 9.69. The standard InChI is InChI=1S/C15H30N4O.HI/c1-12(2)19-8-6-13(7-9-19)18-15(16-3)17-11-14-5-4-10-20-14;/h12-14H,4-11H2,1-3H3,(H2,16,17,18);1H. The van der Waals surface area contributed by atoms with Crippen LogP contribution in [0.3, 0.4) is 0 Å². The zero-order chi connectivity index (χ0) is 14.4. The van der Waals surface area contributed by atoms with Crippen molar-refractivity contribution in [2.24, 2.45) is 4.99 Å². The second-order valence-corrected chi connectivity index (χ2v) is 6.14. The second-order valence-electron chi connectivity index (χ2n) is 6.14. The van der Waals surface area contributed by atoms with Crippen molar-refractivity contribution in [1.82, 2.24) is 15.5 Å². The molecule has 2 N–H and O–H groups in total. The van der Waals surface area contributed by atoms with Crippen molar-refractivity contribution in [3.63, 3.8) is 0 Å². The monoisotopic (exact) mass is 410 g/mol. The first kappa shape index (κ1) is 19.0. The molecule has 0 radical (unpaired) electrons. The fraction of sp³-hybridized carbons (Fsp3) is 0.933. The van der Waals surface area contributed by atoms with Crippen LogP contribution in [0.25, 0.3) is 0 Å². The molecule has 0 aromatic heterocycles. The van der Waals surface area contributed by atoms with Crippen molar-refractivity contribution in [3.8, 4) is 0 Å².